The van der Waals surface area contributed by atoms with Crippen molar-refractivity contribution in [2.75, 3.05) is 13.1 Å². The number of para-hydroxylation sites is 2. The molecule has 1 aliphatic heterocycles. The quantitative estimate of drug-likeness (QED) is 0.399. The van der Waals surface area contributed by atoms with Crippen molar-refractivity contribution in [3.63, 3.8) is 0 Å². The molecule has 33 heavy (non-hydrogen) atoms. The van der Waals surface area contributed by atoms with Crippen molar-refractivity contribution in [3.8, 4) is 11.4 Å². The molecule has 1 amide bonds. The minimum atomic E-state index is 0.118. The molecule has 2 aromatic heterocycles. The third-order valence-corrected chi connectivity index (χ3v) is 6.36. The molecule has 1 aliphatic rings. The SMILES string of the molecule is CC(C)c1ccc(-c2noc(CCC(=O)N3CCC(c4nc5ccccc5o4)CC3)n2)cc1. The zero-order chi connectivity index (χ0) is 22.8. The summed E-state index contributed by atoms with van der Waals surface area (Å²) in [5.41, 5.74) is 3.90. The standard InChI is InChI=1S/C26H28N4O3/c1-17(2)18-7-9-19(10-8-18)25-28-23(33-29-25)11-12-24(31)30-15-13-20(14-16-30)26-27-21-5-3-4-6-22(21)32-26/h3-10,17,20H,11-16H2,1-2H3. The van der Waals surface area contributed by atoms with Gasteiger partial charge in [-0.05, 0) is 36.5 Å². The number of hydrogen-bond acceptors (Lipinski definition) is 6. The summed E-state index contributed by atoms with van der Waals surface area (Å²) >= 11 is 0. The fourth-order valence-electron chi connectivity index (χ4n) is 4.30. The lowest BCUT2D eigenvalue weighted by Crippen LogP contribution is -2.38. The van der Waals surface area contributed by atoms with Gasteiger partial charge in [0.2, 0.25) is 17.6 Å². The van der Waals surface area contributed by atoms with Gasteiger partial charge >= 0.3 is 0 Å². The lowest BCUT2D eigenvalue weighted by Gasteiger charge is -2.30. The van der Waals surface area contributed by atoms with E-state index in [2.05, 4.69) is 41.1 Å². The highest BCUT2D eigenvalue weighted by Crippen LogP contribution is 2.30. The number of hydrogen-bond donors (Lipinski definition) is 0. The fraction of sp³-hybridized carbons (Fsp3) is 0.385. The molecule has 7 nitrogen and oxygen atoms in total. The Balaban J connectivity index is 1.13. The first kappa shape index (κ1) is 21.4. The molecule has 1 fully saturated rings. The van der Waals surface area contributed by atoms with Crippen LogP contribution in [0.5, 0.6) is 0 Å². The highest BCUT2D eigenvalue weighted by molar-refractivity contribution is 5.76. The molecule has 0 spiro atoms. The Morgan fingerprint density at radius 3 is 2.55 bits per heavy atom. The van der Waals surface area contributed by atoms with Crippen LogP contribution < -0.4 is 0 Å². The predicted molar refractivity (Wildman–Crippen MR) is 125 cm³/mol. The van der Waals surface area contributed by atoms with Crippen LogP contribution >= 0.6 is 0 Å². The number of carbonyl (C=O) groups is 1. The van der Waals surface area contributed by atoms with Crippen molar-refractivity contribution in [1.82, 2.24) is 20.0 Å². The number of aryl methyl sites for hydroxylation is 1. The molecule has 7 heteroatoms. The van der Waals surface area contributed by atoms with Crippen molar-refractivity contribution in [2.45, 2.75) is 51.4 Å². The van der Waals surface area contributed by atoms with Gasteiger partial charge in [0, 0.05) is 37.4 Å². The summed E-state index contributed by atoms with van der Waals surface area (Å²) in [5.74, 6) is 2.68. The second kappa shape index (κ2) is 9.17. The largest absolute Gasteiger partial charge is 0.440 e. The van der Waals surface area contributed by atoms with Crippen LogP contribution in [0, 0.1) is 0 Å². The number of carbonyl (C=O) groups excluding carboxylic acids is 1. The number of fused-ring (bicyclic) bond motifs is 1. The van der Waals surface area contributed by atoms with E-state index in [1.165, 1.54) is 5.56 Å². The number of likely N-dealkylation sites (tertiary alicyclic amines) is 1. The highest BCUT2D eigenvalue weighted by atomic mass is 16.5. The Morgan fingerprint density at radius 2 is 1.82 bits per heavy atom. The monoisotopic (exact) mass is 444 g/mol. The summed E-state index contributed by atoms with van der Waals surface area (Å²) < 4.78 is 11.3. The summed E-state index contributed by atoms with van der Waals surface area (Å²) in [5, 5.41) is 4.08. The van der Waals surface area contributed by atoms with Gasteiger partial charge < -0.3 is 13.8 Å². The molecule has 4 aromatic rings. The molecule has 5 rings (SSSR count). The van der Waals surface area contributed by atoms with Crippen molar-refractivity contribution in [2.24, 2.45) is 0 Å². The Bertz CT molecular complexity index is 1200. The highest BCUT2D eigenvalue weighted by Gasteiger charge is 2.27. The Hall–Kier alpha value is -3.48. The van der Waals surface area contributed by atoms with Gasteiger partial charge in [0.15, 0.2) is 11.5 Å². The molecule has 0 radical (unpaired) electrons. The van der Waals surface area contributed by atoms with E-state index in [0.29, 0.717) is 43.6 Å². The molecule has 0 atom stereocenters. The topological polar surface area (TPSA) is 85.3 Å². The van der Waals surface area contributed by atoms with Crippen molar-refractivity contribution >= 4 is 17.0 Å². The van der Waals surface area contributed by atoms with E-state index in [0.717, 1.165) is 35.4 Å². The van der Waals surface area contributed by atoms with E-state index in [9.17, 15) is 4.79 Å². The van der Waals surface area contributed by atoms with Gasteiger partial charge in [0.05, 0.1) is 0 Å². The summed E-state index contributed by atoms with van der Waals surface area (Å²) in [6, 6.07) is 16.0. The number of oxazole rings is 1. The van der Waals surface area contributed by atoms with Crippen molar-refractivity contribution in [3.05, 3.63) is 65.9 Å². The molecule has 3 heterocycles. The molecule has 170 valence electrons. The minimum Gasteiger partial charge on any atom is -0.440 e. The molecule has 1 saturated heterocycles. The maximum absolute atomic E-state index is 12.7. The van der Waals surface area contributed by atoms with Gasteiger partial charge in [0.25, 0.3) is 0 Å². The number of benzene rings is 2. The van der Waals surface area contributed by atoms with Crippen LogP contribution in [-0.4, -0.2) is 39.0 Å². The summed E-state index contributed by atoms with van der Waals surface area (Å²) in [7, 11) is 0. The molecule has 0 bridgehead atoms. The van der Waals surface area contributed by atoms with Crippen LogP contribution in [0.25, 0.3) is 22.5 Å². The van der Waals surface area contributed by atoms with Gasteiger partial charge in [-0.25, -0.2) is 4.98 Å². The zero-order valence-electron chi connectivity index (χ0n) is 19.0. The first-order chi connectivity index (χ1) is 16.1. The Labute approximate surface area is 192 Å². The van der Waals surface area contributed by atoms with Crippen LogP contribution in [0.2, 0.25) is 0 Å². The minimum absolute atomic E-state index is 0.118. The van der Waals surface area contributed by atoms with E-state index in [1.807, 2.05) is 41.3 Å². The third kappa shape index (κ3) is 4.67. The fourth-order valence-corrected chi connectivity index (χ4v) is 4.30. The molecular weight excluding hydrogens is 416 g/mol. The van der Waals surface area contributed by atoms with Crippen LogP contribution in [-0.2, 0) is 11.2 Å². The lowest BCUT2D eigenvalue weighted by molar-refractivity contribution is -0.132. The number of nitrogens with zero attached hydrogens (tertiary/aromatic N) is 4. The van der Waals surface area contributed by atoms with E-state index in [-0.39, 0.29) is 11.8 Å². The number of rotatable bonds is 6. The van der Waals surface area contributed by atoms with E-state index < -0.39 is 0 Å². The molecule has 0 unspecified atom stereocenters. The average molecular weight is 445 g/mol. The van der Waals surface area contributed by atoms with Gasteiger partial charge in [-0.3, -0.25) is 4.79 Å². The maximum Gasteiger partial charge on any atom is 0.227 e. The second-order valence-corrected chi connectivity index (χ2v) is 8.96. The van der Waals surface area contributed by atoms with E-state index in [4.69, 9.17) is 8.94 Å². The smallest absolute Gasteiger partial charge is 0.227 e. The predicted octanol–water partition coefficient (Wildman–Crippen LogP) is 5.34. The van der Waals surface area contributed by atoms with Gasteiger partial charge in [-0.1, -0.05) is 55.4 Å². The van der Waals surface area contributed by atoms with Crippen LogP contribution in [0.1, 0.15) is 62.3 Å². The summed E-state index contributed by atoms with van der Waals surface area (Å²) in [6.07, 6.45) is 2.52. The van der Waals surface area contributed by atoms with Crippen LogP contribution in [0.4, 0.5) is 0 Å². The Morgan fingerprint density at radius 1 is 1.06 bits per heavy atom. The van der Waals surface area contributed by atoms with Crippen molar-refractivity contribution in [1.29, 1.82) is 0 Å². The van der Waals surface area contributed by atoms with Gasteiger partial charge in [-0.15, -0.1) is 0 Å². The van der Waals surface area contributed by atoms with E-state index in [1.54, 1.807) is 0 Å². The zero-order valence-corrected chi connectivity index (χ0v) is 19.0. The maximum atomic E-state index is 12.7. The number of aromatic nitrogens is 3. The average Bonchev–Trinajstić information content (AvgIpc) is 3.50. The number of piperidine rings is 1. The lowest BCUT2D eigenvalue weighted by atomic mass is 9.96. The number of amides is 1. The summed E-state index contributed by atoms with van der Waals surface area (Å²) in [6.45, 7) is 5.74. The van der Waals surface area contributed by atoms with Crippen molar-refractivity contribution < 1.29 is 13.7 Å². The summed E-state index contributed by atoms with van der Waals surface area (Å²) in [4.78, 5) is 23.7. The molecule has 0 aliphatic carbocycles. The van der Waals surface area contributed by atoms with Gasteiger partial charge in [-0.2, -0.15) is 4.98 Å². The molecule has 2 aromatic carbocycles. The Kier molecular flexibility index (Phi) is 5.94. The second-order valence-electron chi connectivity index (χ2n) is 8.96. The molecule has 0 N–H and O–H groups in total. The normalized spacial score (nSPS) is 14.9. The van der Waals surface area contributed by atoms with Crippen LogP contribution in [0.3, 0.4) is 0 Å². The first-order valence-electron chi connectivity index (χ1n) is 11.6. The first-order valence-corrected chi connectivity index (χ1v) is 11.6. The molecular formula is C26H28N4O3. The van der Waals surface area contributed by atoms with E-state index >= 15 is 0 Å². The van der Waals surface area contributed by atoms with Crippen LogP contribution in [0.15, 0.2) is 57.5 Å². The third-order valence-electron chi connectivity index (χ3n) is 6.36. The molecule has 0 saturated carbocycles. The van der Waals surface area contributed by atoms with Gasteiger partial charge in [0.1, 0.15) is 5.52 Å².